The van der Waals surface area contributed by atoms with Crippen LogP contribution in [0.2, 0.25) is 0 Å². The van der Waals surface area contributed by atoms with Crippen molar-refractivity contribution in [1.82, 2.24) is 10.2 Å². The molecule has 5 heteroatoms. The second-order valence-corrected chi connectivity index (χ2v) is 3.58. The number of hydrogen-bond acceptors (Lipinski definition) is 1. The van der Waals surface area contributed by atoms with Crippen LogP contribution in [0.3, 0.4) is 0 Å². The molecule has 72 valence electrons. The number of halogens is 3. The van der Waals surface area contributed by atoms with Crippen molar-refractivity contribution in [2.24, 2.45) is 0 Å². The first-order valence-electron chi connectivity index (χ1n) is 3.83. The number of rotatable bonds is 1. The number of hydrogen-bond donors (Lipinski definition) is 1. The van der Waals surface area contributed by atoms with Gasteiger partial charge in [-0.25, -0.2) is 8.78 Å². The van der Waals surface area contributed by atoms with E-state index >= 15 is 0 Å². The quantitative estimate of drug-likeness (QED) is 0.837. The van der Waals surface area contributed by atoms with Crippen molar-refractivity contribution in [2.75, 3.05) is 0 Å². The summed E-state index contributed by atoms with van der Waals surface area (Å²) in [5, 5.41) is 6.44. The maximum atomic E-state index is 12.9. The minimum Gasteiger partial charge on any atom is -0.277 e. The molecule has 0 saturated carbocycles. The molecule has 2 aromatic rings. The van der Waals surface area contributed by atoms with Gasteiger partial charge in [-0.3, -0.25) is 5.10 Å². The van der Waals surface area contributed by atoms with E-state index in [0.29, 0.717) is 15.7 Å². The van der Waals surface area contributed by atoms with Crippen molar-refractivity contribution in [1.29, 1.82) is 0 Å². The van der Waals surface area contributed by atoms with Gasteiger partial charge < -0.3 is 0 Å². The van der Waals surface area contributed by atoms with Gasteiger partial charge in [0.25, 0.3) is 0 Å². The smallest absolute Gasteiger partial charge is 0.159 e. The number of nitrogens with zero attached hydrogens (tertiary/aromatic N) is 1. The summed E-state index contributed by atoms with van der Waals surface area (Å²) < 4.78 is 26.2. The van der Waals surface area contributed by atoms with Crippen molar-refractivity contribution in [2.45, 2.75) is 0 Å². The summed E-state index contributed by atoms with van der Waals surface area (Å²) in [6, 6.07) is 3.68. The lowest BCUT2D eigenvalue weighted by Crippen LogP contribution is -1.86. The maximum Gasteiger partial charge on any atom is 0.159 e. The van der Waals surface area contributed by atoms with Crippen LogP contribution < -0.4 is 0 Å². The molecule has 1 aromatic carbocycles. The van der Waals surface area contributed by atoms with Crippen molar-refractivity contribution >= 4 is 15.9 Å². The second kappa shape index (κ2) is 3.49. The Bertz CT molecular complexity index is 468. The number of aromatic nitrogens is 2. The predicted octanol–water partition coefficient (Wildman–Crippen LogP) is 3.12. The van der Waals surface area contributed by atoms with Crippen LogP contribution in [-0.2, 0) is 0 Å². The summed E-state index contributed by atoms with van der Waals surface area (Å²) in [5.41, 5.74) is 1.18. The third-order valence-electron chi connectivity index (χ3n) is 1.80. The average molecular weight is 259 g/mol. The van der Waals surface area contributed by atoms with Gasteiger partial charge in [0.2, 0.25) is 0 Å². The van der Waals surface area contributed by atoms with Crippen LogP contribution in [0, 0.1) is 11.6 Å². The molecule has 1 aromatic heterocycles. The third-order valence-corrected chi connectivity index (χ3v) is 2.40. The van der Waals surface area contributed by atoms with E-state index in [9.17, 15) is 8.78 Å². The minimum absolute atomic E-state index is 0.549. The van der Waals surface area contributed by atoms with Gasteiger partial charge in [-0.15, -0.1) is 0 Å². The SMILES string of the molecule is Fc1ccc(-c2[nH]ncc2Br)cc1F. The second-order valence-electron chi connectivity index (χ2n) is 2.72. The van der Waals surface area contributed by atoms with Gasteiger partial charge in [-0.05, 0) is 34.1 Å². The molecule has 2 rings (SSSR count). The van der Waals surface area contributed by atoms with Gasteiger partial charge >= 0.3 is 0 Å². The average Bonchev–Trinajstić information content (AvgIpc) is 2.57. The normalized spacial score (nSPS) is 10.5. The predicted molar refractivity (Wildman–Crippen MR) is 51.6 cm³/mol. The zero-order valence-corrected chi connectivity index (χ0v) is 8.48. The lowest BCUT2D eigenvalue weighted by Gasteiger charge is -1.99. The number of nitrogens with one attached hydrogen (secondary N) is 1. The lowest BCUT2D eigenvalue weighted by molar-refractivity contribution is 0.509. The Morgan fingerprint density at radius 2 is 2.00 bits per heavy atom. The first-order chi connectivity index (χ1) is 6.68. The summed E-state index contributed by atoms with van der Waals surface area (Å²) in [4.78, 5) is 0. The van der Waals surface area contributed by atoms with E-state index in [2.05, 4.69) is 26.1 Å². The standard InChI is InChI=1S/C9H5BrF2N2/c10-6-4-13-14-9(6)5-1-2-7(11)8(12)3-5/h1-4H,(H,13,14). The van der Waals surface area contributed by atoms with Gasteiger partial charge in [-0.1, -0.05) is 0 Å². The molecule has 0 atom stereocenters. The number of benzene rings is 1. The van der Waals surface area contributed by atoms with Crippen molar-refractivity contribution in [3.8, 4) is 11.3 Å². The van der Waals surface area contributed by atoms with E-state index in [4.69, 9.17) is 0 Å². The van der Waals surface area contributed by atoms with E-state index < -0.39 is 11.6 Å². The zero-order chi connectivity index (χ0) is 10.1. The Balaban J connectivity index is 2.53. The number of H-pyrrole nitrogens is 1. The summed E-state index contributed by atoms with van der Waals surface area (Å²) in [6.07, 6.45) is 1.55. The molecule has 0 aliphatic carbocycles. The van der Waals surface area contributed by atoms with Gasteiger partial charge in [0.1, 0.15) is 0 Å². The molecule has 0 fully saturated rings. The van der Waals surface area contributed by atoms with Gasteiger partial charge in [0.05, 0.1) is 16.4 Å². The molecular formula is C9H5BrF2N2. The van der Waals surface area contributed by atoms with E-state index in [-0.39, 0.29) is 0 Å². The highest BCUT2D eigenvalue weighted by atomic mass is 79.9. The first-order valence-corrected chi connectivity index (χ1v) is 4.62. The van der Waals surface area contributed by atoms with E-state index in [1.807, 2.05) is 0 Å². The first kappa shape index (κ1) is 9.33. The van der Waals surface area contributed by atoms with Crippen molar-refractivity contribution < 1.29 is 8.78 Å². The molecule has 0 amide bonds. The Morgan fingerprint density at radius 1 is 1.21 bits per heavy atom. The summed E-state index contributed by atoms with van der Waals surface area (Å²) in [6.45, 7) is 0. The molecule has 0 aliphatic rings. The molecule has 0 bridgehead atoms. The molecule has 0 spiro atoms. The molecule has 0 aliphatic heterocycles. The molecular weight excluding hydrogens is 254 g/mol. The topological polar surface area (TPSA) is 28.7 Å². The highest BCUT2D eigenvalue weighted by molar-refractivity contribution is 9.10. The fourth-order valence-corrected chi connectivity index (χ4v) is 1.55. The van der Waals surface area contributed by atoms with E-state index in [1.54, 1.807) is 6.20 Å². The molecule has 0 saturated heterocycles. The molecule has 1 N–H and O–H groups in total. The Kier molecular flexibility index (Phi) is 2.33. The Labute approximate surface area is 87.1 Å². The minimum atomic E-state index is -0.871. The lowest BCUT2D eigenvalue weighted by atomic mass is 10.1. The fraction of sp³-hybridized carbons (Fsp3) is 0. The molecule has 0 unspecified atom stereocenters. The van der Waals surface area contributed by atoms with Crippen LogP contribution >= 0.6 is 15.9 Å². The molecule has 1 heterocycles. The van der Waals surface area contributed by atoms with E-state index in [1.165, 1.54) is 6.07 Å². The number of aromatic amines is 1. The van der Waals surface area contributed by atoms with Gasteiger partial charge in [-0.2, -0.15) is 5.10 Å². The van der Waals surface area contributed by atoms with Crippen LogP contribution in [-0.4, -0.2) is 10.2 Å². The summed E-state index contributed by atoms with van der Waals surface area (Å²) in [7, 11) is 0. The summed E-state index contributed by atoms with van der Waals surface area (Å²) in [5.74, 6) is -1.73. The van der Waals surface area contributed by atoms with Crippen LogP contribution in [0.4, 0.5) is 8.78 Å². The van der Waals surface area contributed by atoms with Gasteiger partial charge in [0.15, 0.2) is 11.6 Å². The van der Waals surface area contributed by atoms with E-state index in [0.717, 1.165) is 12.1 Å². The van der Waals surface area contributed by atoms with Crippen LogP contribution in [0.5, 0.6) is 0 Å². The maximum absolute atomic E-state index is 12.9. The largest absolute Gasteiger partial charge is 0.277 e. The third kappa shape index (κ3) is 1.55. The highest BCUT2D eigenvalue weighted by Crippen LogP contribution is 2.26. The van der Waals surface area contributed by atoms with Crippen molar-refractivity contribution in [3.05, 3.63) is 40.5 Å². The molecule has 2 nitrogen and oxygen atoms in total. The monoisotopic (exact) mass is 258 g/mol. The Morgan fingerprint density at radius 3 is 2.57 bits per heavy atom. The van der Waals surface area contributed by atoms with Crippen molar-refractivity contribution in [3.63, 3.8) is 0 Å². The Hall–Kier alpha value is -1.23. The van der Waals surface area contributed by atoms with Crippen LogP contribution in [0.25, 0.3) is 11.3 Å². The fourth-order valence-electron chi connectivity index (χ4n) is 1.13. The van der Waals surface area contributed by atoms with Gasteiger partial charge in [0, 0.05) is 5.56 Å². The zero-order valence-electron chi connectivity index (χ0n) is 6.89. The molecule has 14 heavy (non-hydrogen) atoms. The summed E-state index contributed by atoms with van der Waals surface area (Å²) >= 11 is 3.24. The van der Waals surface area contributed by atoms with Crippen LogP contribution in [0.15, 0.2) is 28.9 Å². The van der Waals surface area contributed by atoms with Crippen LogP contribution in [0.1, 0.15) is 0 Å². The highest BCUT2D eigenvalue weighted by Gasteiger charge is 2.08. The molecule has 0 radical (unpaired) electrons.